The Balaban J connectivity index is 2.48. The monoisotopic (exact) mass is 325 g/mol. The predicted octanol–water partition coefficient (Wildman–Crippen LogP) is 4.67. The molecule has 0 fully saturated rings. The zero-order valence-electron chi connectivity index (χ0n) is 14.3. The summed E-state index contributed by atoms with van der Waals surface area (Å²) in [7, 11) is 1.88. The van der Waals surface area contributed by atoms with Gasteiger partial charge >= 0.3 is 5.97 Å². The van der Waals surface area contributed by atoms with E-state index in [0.717, 1.165) is 28.1 Å². The Kier molecular flexibility index (Phi) is 6.01. The average molecular weight is 325 g/mol. The maximum absolute atomic E-state index is 11.2. The smallest absolute Gasteiger partial charge is 0.331 e. The van der Waals surface area contributed by atoms with Gasteiger partial charge in [-0.1, -0.05) is 31.2 Å². The summed E-state index contributed by atoms with van der Waals surface area (Å²) in [5.74, 6) is -0.137. The molecule has 2 N–H and O–H groups in total. The van der Waals surface area contributed by atoms with Crippen LogP contribution in [0.15, 0.2) is 48.0 Å². The molecule has 0 radical (unpaired) electrons. The molecule has 0 bridgehead atoms. The molecule has 0 heterocycles. The van der Waals surface area contributed by atoms with Crippen LogP contribution in [0.5, 0.6) is 5.75 Å². The molecule has 0 saturated carbocycles. The van der Waals surface area contributed by atoms with Gasteiger partial charge in [0.15, 0.2) is 0 Å². The van der Waals surface area contributed by atoms with Crippen molar-refractivity contribution in [3.05, 3.63) is 53.6 Å². The van der Waals surface area contributed by atoms with Crippen molar-refractivity contribution in [2.75, 3.05) is 19.0 Å². The van der Waals surface area contributed by atoms with Crippen LogP contribution in [0.2, 0.25) is 0 Å². The zero-order chi connectivity index (χ0) is 17.5. The number of hydrogen-bond donors (Lipinski definition) is 2. The molecule has 0 aliphatic heterocycles. The highest BCUT2D eigenvalue weighted by atomic mass is 16.5. The van der Waals surface area contributed by atoms with Crippen molar-refractivity contribution in [3.8, 4) is 16.9 Å². The molecule has 0 aromatic heterocycles. The van der Waals surface area contributed by atoms with Crippen molar-refractivity contribution in [2.45, 2.75) is 20.3 Å². The summed E-state index contributed by atoms with van der Waals surface area (Å²) < 4.78 is 5.78. The summed E-state index contributed by atoms with van der Waals surface area (Å²) >= 11 is 0. The van der Waals surface area contributed by atoms with Crippen LogP contribution in [0.1, 0.15) is 25.8 Å². The number of rotatable bonds is 7. The SMILES string of the molecule is CCOc1cc(/C=C(\CC)C(=O)O)ccc1-c1cccc(NC)c1. The highest BCUT2D eigenvalue weighted by molar-refractivity contribution is 5.92. The van der Waals surface area contributed by atoms with E-state index in [1.54, 1.807) is 6.08 Å². The molecule has 0 aliphatic rings. The van der Waals surface area contributed by atoms with Gasteiger partial charge in [0.2, 0.25) is 0 Å². The first-order chi connectivity index (χ1) is 11.6. The molecule has 0 saturated heterocycles. The molecule has 2 rings (SSSR count). The largest absolute Gasteiger partial charge is 0.493 e. The second kappa shape index (κ2) is 8.20. The first-order valence-electron chi connectivity index (χ1n) is 8.08. The van der Waals surface area contributed by atoms with E-state index in [9.17, 15) is 9.90 Å². The van der Waals surface area contributed by atoms with Gasteiger partial charge in [0.05, 0.1) is 6.61 Å². The number of ether oxygens (including phenoxy) is 1. The third-order valence-electron chi connectivity index (χ3n) is 3.76. The quantitative estimate of drug-likeness (QED) is 0.726. The fraction of sp³-hybridized carbons (Fsp3) is 0.250. The minimum absolute atomic E-state index is 0.377. The third kappa shape index (κ3) is 4.16. The first-order valence-corrected chi connectivity index (χ1v) is 8.08. The van der Waals surface area contributed by atoms with Gasteiger partial charge in [-0.15, -0.1) is 0 Å². The lowest BCUT2D eigenvalue weighted by Gasteiger charge is -2.13. The molecule has 0 unspecified atom stereocenters. The van der Waals surface area contributed by atoms with E-state index in [1.165, 1.54) is 0 Å². The van der Waals surface area contributed by atoms with E-state index >= 15 is 0 Å². The van der Waals surface area contributed by atoms with Gasteiger partial charge < -0.3 is 15.2 Å². The molecule has 126 valence electrons. The van der Waals surface area contributed by atoms with Crippen LogP contribution < -0.4 is 10.1 Å². The van der Waals surface area contributed by atoms with E-state index in [2.05, 4.69) is 11.4 Å². The molecule has 24 heavy (non-hydrogen) atoms. The van der Waals surface area contributed by atoms with Crippen molar-refractivity contribution in [2.24, 2.45) is 0 Å². The lowest BCUT2D eigenvalue weighted by atomic mass is 10.0. The Hall–Kier alpha value is -2.75. The Labute approximate surface area is 142 Å². The Morgan fingerprint density at radius 1 is 1.21 bits per heavy atom. The molecule has 0 aliphatic carbocycles. The van der Waals surface area contributed by atoms with Gasteiger partial charge in [0, 0.05) is 23.9 Å². The molecule has 0 amide bonds. The topological polar surface area (TPSA) is 58.6 Å². The molecule has 4 heteroatoms. The minimum Gasteiger partial charge on any atom is -0.493 e. The van der Waals surface area contributed by atoms with Gasteiger partial charge in [0.1, 0.15) is 5.75 Å². The molecule has 2 aromatic carbocycles. The summed E-state index contributed by atoms with van der Waals surface area (Å²) in [5.41, 5.74) is 4.26. The fourth-order valence-electron chi connectivity index (χ4n) is 2.50. The Morgan fingerprint density at radius 2 is 2.00 bits per heavy atom. The van der Waals surface area contributed by atoms with Crippen LogP contribution in [0, 0.1) is 0 Å². The van der Waals surface area contributed by atoms with Crippen LogP contribution in [-0.2, 0) is 4.79 Å². The molecule has 0 atom stereocenters. The number of benzene rings is 2. The van der Waals surface area contributed by atoms with E-state index in [0.29, 0.717) is 18.6 Å². The summed E-state index contributed by atoms with van der Waals surface area (Å²) in [6.07, 6.45) is 2.17. The highest BCUT2D eigenvalue weighted by Crippen LogP contribution is 2.33. The van der Waals surface area contributed by atoms with Gasteiger partial charge in [-0.05, 0) is 48.7 Å². The second-order valence-corrected chi connectivity index (χ2v) is 5.35. The fourth-order valence-corrected chi connectivity index (χ4v) is 2.50. The maximum Gasteiger partial charge on any atom is 0.331 e. The van der Waals surface area contributed by atoms with Crippen molar-refractivity contribution in [3.63, 3.8) is 0 Å². The standard InChI is InChI=1S/C20H23NO3/c1-4-15(20(22)23)11-14-9-10-18(19(12-14)24-5-2)16-7-6-8-17(13-16)21-3/h6-13,21H,4-5H2,1-3H3,(H,22,23)/b15-11+. The molecular formula is C20H23NO3. The number of aliphatic carboxylic acids is 1. The lowest BCUT2D eigenvalue weighted by Crippen LogP contribution is -1.99. The molecule has 2 aromatic rings. The van der Waals surface area contributed by atoms with Crippen molar-refractivity contribution in [1.82, 2.24) is 0 Å². The van der Waals surface area contributed by atoms with E-state index in [4.69, 9.17) is 4.74 Å². The first kappa shape index (κ1) is 17.6. The van der Waals surface area contributed by atoms with E-state index < -0.39 is 5.97 Å². The Morgan fingerprint density at radius 3 is 2.62 bits per heavy atom. The number of carboxylic acid groups (broad SMARTS) is 1. The van der Waals surface area contributed by atoms with Crippen molar-refractivity contribution >= 4 is 17.7 Å². The number of nitrogens with one attached hydrogen (secondary N) is 1. The van der Waals surface area contributed by atoms with Crippen molar-refractivity contribution in [1.29, 1.82) is 0 Å². The van der Waals surface area contributed by atoms with Gasteiger partial charge in [0.25, 0.3) is 0 Å². The van der Waals surface area contributed by atoms with Crippen molar-refractivity contribution < 1.29 is 14.6 Å². The number of carboxylic acids is 1. The molecule has 4 nitrogen and oxygen atoms in total. The minimum atomic E-state index is -0.888. The molecular weight excluding hydrogens is 302 g/mol. The Bertz CT molecular complexity index is 750. The van der Waals surface area contributed by atoms with Gasteiger partial charge in [-0.2, -0.15) is 0 Å². The van der Waals surface area contributed by atoms with E-state index in [-0.39, 0.29) is 0 Å². The molecule has 0 spiro atoms. The highest BCUT2D eigenvalue weighted by Gasteiger charge is 2.10. The summed E-state index contributed by atoms with van der Waals surface area (Å²) in [6, 6.07) is 13.9. The number of hydrogen-bond acceptors (Lipinski definition) is 3. The van der Waals surface area contributed by atoms with Crippen LogP contribution >= 0.6 is 0 Å². The third-order valence-corrected chi connectivity index (χ3v) is 3.76. The van der Waals surface area contributed by atoms with E-state index in [1.807, 2.05) is 57.3 Å². The summed E-state index contributed by atoms with van der Waals surface area (Å²) in [5, 5.41) is 12.3. The predicted molar refractivity (Wildman–Crippen MR) is 98.5 cm³/mol. The van der Waals surface area contributed by atoms with Crippen LogP contribution in [-0.4, -0.2) is 24.7 Å². The van der Waals surface area contributed by atoms with Crippen LogP contribution in [0.25, 0.3) is 17.2 Å². The number of carbonyl (C=O) groups is 1. The average Bonchev–Trinajstić information content (AvgIpc) is 2.60. The number of anilines is 1. The normalized spacial score (nSPS) is 11.2. The summed E-state index contributed by atoms with van der Waals surface area (Å²) in [4.78, 5) is 11.2. The van der Waals surface area contributed by atoms with Gasteiger partial charge in [-0.25, -0.2) is 4.79 Å². The van der Waals surface area contributed by atoms with Crippen LogP contribution in [0.3, 0.4) is 0 Å². The second-order valence-electron chi connectivity index (χ2n) is 5.35. The van der Waals surface area contributed by atoms with Crippen LogP contribution in [0.4, 0.5) is 5.69 Å². The lowest BCUT2D eigenvalue weighted by molar-refractivity contribution is -0.132. The zero-order valence-corrected chi connectivity index (χ0v) is 14.3. The summed E-state index contributed by atoms with van der Waals surface area (Å²) in [6.45, 7) is 4.32. The van der Waals surface area contributed by atoms with Gasteiger partial charge in [-0.3, -0.25) is 0 Å². The maximum atomic E-state index is 11.2.